The highest BCUT2D eigenvalue weighted by Gasteiger charge is 2.26. The van der Waals surface area contributed by atoms with Crippen molar-refractivity contribution in [2.24, 2.45) is 0 Å². The van der Waals surface area contributed by atoms with Gasteiger partial charge >= 0.3 is 5.97 Å². The summed E-state index contributed by atoms with van der Waals surface area (Å²) in [6.07, 6.45) is 3.94. The minimum atomic E-state index is -1.04. The van der Waals surface area contributed by atoms with E-state index in [9.17, 15) is 9.70 Å². The first kappa shape index (κ1) is 8.00. The molecule has 1 N–H and O–H groups in total. The molecule has 4 nitrogen and oxygen atoms in total. The van der Waals surface area contributed by atoms with Crippen LogP contribution >= 0.6 is 11.9 Å². The van der Waals surface area contributed by atoms with E-state index in [1.54, 1.807) is 11.5 Å². The summed E-state index contributed by atoms with van der Waals surface area (Å²) in [6, 6.07) is -0.434. The summed E-state index contributed by atoms with van der Waals surface area (Å²) in [5.74, 6) is -1.04. The Morgan fingerprint density at radius 1 is 1.73 bits per heavy atom. The molecule has 1 aliphatic heterocycles. The molecular weight excluding hydrogens is 166 g/mol. The molecule has 1 unspecified atom stereocenters. The fourth-order valence-electron chi connectivity index (χ4n) is 0.631. The number of hydrogen-bond donors (Lipinski definition) is 1. The molecule has 0 aromatic rings. The molecule has 5 heteroatoms. The summed E-state index contributed by atoms with van der Waals surface area (Å²) in [5.41, 5.74) is 0. The third kappa shape index (κ3) is 2.19. The van der Waals surface area contributed by atoms with Crippen molar-refractivity contribution in [2.75, 3.05) is 0 Å². The summed E-state index contributed by atoms with van der Waals surface area (Å²) in [6.45, 7) is 0. The fraction of sp³-hybridized carbons (Fsp3) is 0.167. The van der Waals surface area contributed by atoms with Crippen molar-refractivity contribution in [3.63, 3.8) is 0 Å². The van der Waals surface area contributed by atoms with Gasteiger partial charge in [0.05, 0.1) is 4.17 Å². The van der Waals surface area contributed by atoms with E-state index in [1.807, 2.05) is 0 Å². The molecule has 0 saturated carbocycles. The maximum Gasteiger partial charge on any atom is 0.328 e. The van der Waals surface area contributed by atoms with E-state index >= 15 is 0 Å². The van der Waals surface area contributed by atoms with Gasteiger partial charge in [0, 0.05) is 28.5 Å². The van der Waals surface area contributed by atoms with Gasteiger partial charge in [-0.15, -0.1) is 0 Å². The van der Waals surface area contributed by atoms with Crippen molar-refractivity contribution < 1.29 is 14.1 Å². The predicted octanol–water partition coefficient (Wildman–Crippen LogP) is 0.950. The number of aliphatic carboxylic acids is 1. The van der Waals surface area contributed by atoms with Crippen LogP contribution in [0.3, 0.4) is 0 Å². The zero-order valence-corrected chi connectivity index (χ0v) is 6.32. The number of carbonyl (C=O) groups is 1. The fourth-order valence-corrected chi connectivity index (χ4v) is 1.26. The summed E-state index contributed by atoms with van der Waals surface area (Å²) < 4.78 is 0.722. The van der Waals surface area contributed by atoms with E-state index in [2.05, 4.69) is 0 Å². The van der Waals surface area contributed by atoms with Crippen LogP contribution in [0.2, 0.25) is 0 Å². The number of rotatable bonds is 2. The molecule has 1 atom stereocenters. The van der Waals surface area contributed by atoms with Crippen LogP contribution in [0.4, 0.5) is 0 Å². The minimum absolute atomic E-state index is 0.434. The van der Waals surface area contributed by atoms with Crippen LogP contribution in [0.5, 0.6) is 0 Å². The quantitative estimate of drug-likeness (QED) is 0.383. The van der Waals surface area contributed by atoms with E-state index in [1.165, 1.54) is 6.08 Å². The van der Waals surface area contributed by atoms with Crippen molar-refractivity contribution in [3.05, 3.63) is 28.5 Å². The lowest BCUT2D eigenvalue weighted by Gasteiger charge is -1.85. The summed E-state index contributed by atoms with van der Waals surface area (Å²) >= 11 is 1.01. The molecule has 11 heavy (non-hydrogen) atoms. The van der Waals surface area contributed by atoms with Gasteiger partial charge in [0.2, 0.25) is 11.9 Å². The normalized spacial score (nSPS) is 23.3. The second-order valence-electron chi connectivity index (χ2n) is 1.91. The lowest BCUT2D eigenvalue weighted by molar-refractivity contribution is -0.384. The van der Waals surface area contributed by atoms with Gasteiger partial charge < -0.3 is 5.11 Å². The lowest BCUT2D eigenvalue weighted by atomic mass is 10.3. The first-order valence-corrected chi connectivity index (χ1v) is 3.75. The van der Waals surface area contributed by atoms with Crippen LogP contribution in [0, 0.1) is 4.91 Å². The second-order valence-corrected chi connectivity index (χ2v) is 2.75. The van der Waals surface area contributed by atoms with E-state index in [0.29, 0.717) is 0 Å². The van der Waals surface area contributed by atoms with Crippen LogP contribution < -0.4 is 0 Å². The molecule has 0 saturated heterocycles. The highest BCUT2D eigenvalue weighted by atomic mass is 32.2. The predicted molar refractivity (Wildman–Crippen MR) is 40.9 cm³/mol. The number of carboxylic acid groups (broad SMARTS) is 1. The second kappa shape index (κ2) is 3.34. The number of hydrogen-bond acceptors (Lipinski definition) is 3. The van der Waals surface area contributed by atoms with E-state index in [4.69, 9.17) is 5.11 Å². The molecule has 0 amide bonds. The Kier molecular flexibility index (Phi) is 2.43. The average molecular weight is 172 g/mol. The van der Waals surface area contributed by atoms with E-state index in [-0.39, 0.29) is 0 Å². The average Bonchev–Trinajstić information content (AvgIpc) is 2.31. The van der Waals surface area contributed by atoms with Crippen molar-refractivity contribution in [1.29, 1.82) is 0 Å². The van der Waals surface area contributed by atoms with E-state index in [0.717, 1.165) is 22.2 Å². The zero-order chi connectivity index (χ0) is 8.27. The molecule has 1 heterocycles. The van der Waals surface area contributed by atoms with Gasteiger partial charge in [0.1, 0.15) is 0 Å². The highest BCUT2D eigenvalue weighted by molar-refractivity contribution is 7.96. The Labute approximate surface area is 67.3 Å². The molecule has 0 aromatic carbocycles. The minimum Gasteiger partial charge on any atom is -0.478 e. The Morgan fingerprint density at radius 2 is 2.45 bits per heavy atom. The van der Waals surface area contributed by atoms with Crippen molar-refractivity contribution in [2.45, 2.75) is 6.04 Å². The molecule has 0 aromatic heterocycles. The van der Waals surface area contributed by atoms with Gasteiger partial charge in [-0.2, -0.15) is 0 Å². The lowest BCUT2D eigenvalue weighted by Crippen LogP contribution is -2.08. The topological polar surface area (TPSA) is 57.4 Å². The summed E-state index contributed by atoms with van der Waals surface area (Å²) in [5, 5.41) is 9.85. The smallest absolute Gasteiger partial charge is 0.328 e. The SMILES string of the molecule is O=C(O)C=CC1C=CS[N+]1=O. The Morgan fingerprint density at radius 3 is 2.91 bits per heavy atom. The third-order valence-electron chi connectivity index (χ3n) is 1.12. The molecular formula is C6H6NO3S+. The van der Waals surface area contributed by atoms with Crippen molar-refractivity contribution >= 4 is 17.9 Å². The van der Waals surface area contributed by atoms with Gasteiger partial charge in [0.25, 0.3) is 6.04 Å². The van der Waals surface area contributed by atoms with Gasteiger partial charge in [0.15, 0.2) is 0 Å². The summed E-state index contributed by atoms with van der Waals surface area (Å²) in [4.78, 5) is 20.8. The maximum atomic E-state index is 10.8. The molecule has 0 spiro atoms. The molecule has 1 aliphatic rings. The van der Waals surface area contributed by atoms with Crippen LogP contribution in [0.15, 0.2) is 23.6 Å². The third-order valence-corrected chi connectivity index (χ3v) is 1.85. The first-order chi connectivity index (χ1) is 5.20. The van der Waals surface area contributed by atoms with E-state index < -0.39 is 12.0 Å². The molecule has 0 bridgehead atoms. The summed E-state index contributed by atoms with van der Waals surface area (Å²) in [7, 11) is 0. The number of nitrogens with zero attached hydrogens (tertiary/aromatic N) is 1. The number of carboxylic acids is 1. The van der Waals surface area contributed by atoms with Gasteiger partial charge in [-0.05, 0) is 0 Å². The molecule has 0 aliphatic carbocycles. The van der Waals surface area contributed by atoms with Crippen LogP contribution in [-0.2, 0) is 4.79 Å². The standard InChI is InChI=1S/C6H5NO3S/c8-6(9)2-1-5-3-4-11-7(5)10/h1-5H/p+1. The molecule has 0 fully saturated rings. The Bertz CT molecular complexity index is 246. The van der Waals surface area contributed by atoms with Crippen LogP contribution in [0.25, 0.3) is 0 Å². The molecule has 1 rings (SSSR count). The number of nitroso groups, excluding NO2 is 1. The van der Waals surface area contributed by atoms with Gasteiger partial charge in [-0.1, -0.05) is 0 Å². The monoisotopic (exact) mass is 172 g/mol. The van der Waals surface area contributed by atoms with Crippen molar-refractivity contribution in [1.82, 2.24) is 0 Å². The Balaban J connectivity index is 2.55. The van der Waals surface area contributed by atoms with Crippen LogP contribution in [0.1, 0.15) is 0 Å². The van der Waals surface area contributed by atoms with Crippen molar-refractivity contribution in [3.8, 4) is 0 Å². The zero-order valence-electron chi connectivity index (χ0n) is 5.51. The first-order valence-electron chi connectivity index (χ1n) is 2.91. The molecule has 58 valence electrons. The highest BCUT2D eigenvalue weighted by Crippen LogP contribution is 2.18. The maximum absolute atomic E-state index is 10.8. The molecule has 0 radical (unpaired) electrons. The Hall–Kier alpha value is -1.10. The van der Waals surface area contributed by atoms with Crippen LogP contribution in [-0.4, -0.2) is 21.3 Å². The van der Waals surface area contributed by atoms with Gasteiger partial charge in [-0.3, -0.25) is 0 Å². The largest absolute Gasteiger partial charge is 0.478 e. The van der Waals surface area contributed by atoms with Gasteiger partial charge in [-0.25, -0.2) is 4.79 Å².